The SMILES string of the molecule is CC(C)C[C@H](OC(=O)c1cscn1)c1ccccn1. The van der Waals surface area contributed by atoms with Crippen LogP contribution in [0.2, 0.25) is 0 Å². The normalized spacial score (nSPS) is 12.4. The van der Waals surface area contributed by atoms with Crippen LogP contribution in [0, 0.1) is 5.92 Å². The molecule has 0 spiro atoms. The molecule has 100 valence electrons. The Balaban J connectivity index is 2.13. The highest BCUT2D eigenvalue weighted by atomic mass is 32.1. The molecule has 0 aliphatic carbocycles. The van der Waals surface area contributed by atoms with Crippen LogP contribution in [-0.4, -0.2) is 15.9 Å². The number of hydrogen-bond acceptors (Lipinski definition) is 5. The molecule has 5 heteroatoms. The predicted octanol–water partition coefficient (Wildman–Crippen LogP) is 3.48. The molecule has 19 heavy (non-hydrogen) atoms. The van der Waals surface area contributed by atoms with Crippen LogP contribution in [0.15, 0.2) is 35.3 Å². The summed E-state index contributed by atoms with van der Waals surface area (Å²) >= 11 is 1.38. The Morgan fingerprint density at radius 3 is 2.79 bits per heavy atom. The predicted molar refractivity (Wildman–Crippen MR) is 74.0 cm³/mol. The Bertz CT molecular complexity index is 512. The molecule has 2 aromatic heterocycles. The first-order valence-corrected chi connectivity index (χ1v) is 7.11. The summed E-state index contributed by atoms with van der Waals surface area (Å²) in [5, 5.41) is 1.69. The molecular weight excluding hydrogens is 260 g/mol. The first-order valence-electron chi connectivity index (χ1n) is 6.17. The van der Waals surface area contributed by atoms with Crippen molar-refractivity contribution in [1.82, 2.24) is 9.97 Å². The minimum absolute atomic E-state index is 0.324. The molecule has 2 aromatic rings. The Kier molecular flexibility index (Phi) is 4.63. The van der Waals surface area contributed by atoms with Crippen LogP contribution in [0.1, 0.15) is 42.6 Å². The summed E-state index contributed by atoms with van der Waals surface area (Å²) < 4.78 is 5.53. The summed E-state index contributed by atoms with van der Waals surface area (Å²) in [6.45, 7) is 4.18. The van der Waals surface area contributed by atoms with E-state index in [0.717, 1.165) is 12.1 Å². The fraction of sp³-hybridized carbons (Fsp3) is 0.357. The topological polar surface area (TPSA) is 52.1 Å². The van der Waals surface area contributed by atoms with Gasteiger partial charge in [-0.25, -0.2) is 9.78 Å². The lowest BCUT2D eigenvalue weighted by atomic mass is 10.0. The van der Waals surface area contributed by atoms with Crippen molar-refractivity contribution in [3.05, 3.63) is 46.7 Å². The summed E-state index contributed by atoms with van der Waals surface area (Å²) in [6, 6.07) is 5.62. The zero-order valence-electron chi connectivity index (χ0n) is 10.9. The van der Waals surface area contributed by atoms with Crippen molar-refractivity contribution in [2.45, 2.75) is 26.4 Å². The molecule has 2 heterocycles. The molecule has 0 bridgehead atoms. The van der Waals surface area contributed by atoms with E-state index in [2.05, 4.69) is 23.8 Å². The highest BCUT2D eigenvalue weighted by Crippen LogP contribution is 2.24. The van der Waals surface area contributed by atoms with Gasteiger partial charge >= 0.3 is 5.97 Å². The van der Waals surface area contributed by atoms with Crippen molar-refractivity contribution in [1.29, 1.82) is 0 Å². The first-order chi connectivity index (χ1) is 9.16. The average Bonchev–Trinajstić information content (AvgIpc) is 2.92. The largest absolute Gasteiger partial charge is 0.451 e. The third-order valence-corrected chi connectivity index (χ3v) is 3.18. The quantitative estimate of drug-likeness (QED) is 0.784. The van der Waals surface area contributed by atoms with E-state index in [1.54, 1.807) is 17.1 Å². The molecule has 0 aliphatic heterocycles. The monoisotopic (exact) mass is 276 g/mol. The van der Waals surface area contributed by atoms with Crippen molar-refractivity contribution in [3.8, 4) is 0 Å². The van der Waals surface area contributed by atoms with Crippen molar-refractivity contribution in [3.63, 3.8) is 0 Å². The Labute approximate surface area is 116 Å². The zero-order chi connectivity index (χ0) is 13.7. The second-order valence-corrected chi connectivity index (χ2v) is 5.37. The molecule has 0 saturated heterocycles. The fourth-order valence-corrected chi connectivity index (χ4v) is 2.25. The molecule has 2 rings (SSSR count). The zero-order valence-corrected chi connectivity index (χ0v) is 11.8. The lowest BCUT2D eigenvalue weighted by Gasteiger charge is -2.18. The van der Waals surface area contributed by atoms with Gasteiger partial charge in [-0.05, 0) is 24.5 Å². The number of esters is 1. The van der Waals surface area contributed by atoms with E-state index < -0.39 is 5.97 Å². The minimum Gasteiger partial charge on any atom is -0.451 e. The number of aromatic nitrogens is 2. The van der Waals surface area contributed by atoms with Crippen molar-refractivity contribution < 1.29 is 9.53 Å². The van der Waals surface area contributed by atoms with Gasteiger partial charge in [0.25, 0.3) is 0 Å². The summed E-state index contributed by atoms with van der Waals surface area (Å²) in [4.78, 5) is 20.2. The molecule has 0 amide bonds. The van der Waals surface area contributed by atoms with Gasteiger partial charge < -0.3 is 4.74 Å². The van der Waals surface area contributed by atoms with E-state index in [0.29, 0.717) is 11.6 Å². The Hall–Kier alpha value is -1.75. The number of ether oxygens (including phenoxy) is 1. The number of thiazole rings is 1. The third-order valence-electron chi connectivity index (χ3n) is 2.59. The summed E-state index contributed by atoms with van der Waals surface area (Å²) in [5.74, 6) is 0.0211. The van der Waals surface area contributed by atoms with Crippen molar-refractivity contribution in [2.75, 3.05) is 0 Å². The van der Waals surface area contributed by atoms with E-state index in [1.807, 2.05) is 18.2 Å². The number of nitrogens with zero attached hydrogens (tertiary/aromatic N) is 2. The van der Waals surface area contributed by atoms with Gasteiger partial charge in [-0.15, -0.1) is 11.3 Å². The van der Waals surface area contributed by atoms with Crippen LogP contribution in [-0.2, 0) is 4.74 Å². The molecule has 0 radical (unpaired) electrons. The van der Waals surface area contributed by atoms with E-state index in [4.69, 9.17) is 4.74 Å². The van der Waals surface area contributed by atoms with Crippen LogP contribution < -0.4 is 0 Å². The van der Waals surface area contributed by atoms with Gasteiger partial charge in [0.2, 0.25) is 0 Å². The van der Waals surface area contributed by atoms with Gasteiger partial charge in [-0.1, -0.05) is 19.9 Å². The van der Waals surface area contributed by atoms with Crippen LogP contribution in [0.4, 0.5) is 0 Å². The molecule has 4 nitrogen and oxygen atoms in total. The van der Waals surface area contributed by atoms with Gasteiger partial charge in [0, 0.05) is 11.6 Å². The van der Waals surface area contributed by atoms with Crippen molar-refractivity contribution >= 4 is 17.3 Å². The van der Waals surface area contributed by atoms with Crippen LogP contribution >= 0.6 is 11.3 Å². The molecule has 0 N–H and O–H groups in total. The molecular formula is C14H16N2O2S. The first kappa shape index (κ1) is 13.7. The average molecular weight is 276 g/mol. The van der Waals surface area contributed by atoms with E-state index >= 15 is 0 Å². The third kappa shape index (κ3) is 3.86. The lowest BCUT2D eigenvalue weighted by Crippen LogP contribution is -2.15. The van der Waals surface area contributed by atoms with Gasteiger partial charge in [0.1, 0.15) is 6.10 Å². The number of hydrogen-bond donors (Lipinski definition) is 0. The fourth-order valence-electron chi connectivity index (χ4n) is 1.73. The van der Waals surface area contributed by atoms with E-state index in [-0.39, 0.29) is 6.10 Å². The van der Waals surface area contributed by atoms with Crippen LogP contribution in [0.25, 0.3) is 0 Å². The van der Waals surface area contributed by atoms with Gasteiger partial charge in [-0.3, -0.25) is 4.98 Å². The molecule has 0 unspecified atom stereocenters. The highest BCUT2D eigenvalue weighted by molar-refractivity contribution is 7.07. The lowest BCUT2D eigenvalue weighted by molar-refractivity contribution is 0.0231. The number of rotatable bonds is 5. The second-order valence-electron chi connectivity index (χ2n) is 4.65. The standard InChI is InChI=1S/C14H16N2O2S/c1-10(2)7-13(11-5-3-4-6-15-11)18-14(17)12-8-19-9-16-12/h3-6,8-10,13H,7H2,1-2H3/t13-/m0/s1. The number of carbonyl (C=O) groups is 1. The molecule has 0 saturated carbocycles. The van der Waals surface area contributed by atoms with E-state index in [9.17, 15) is 4.79 Å². The van der Waals surface area contributed by atoms with Gasteiger partial charge in [0.15, 0.2) is 5.69 Å². The van der Waals surface area contributed by atoms with Crippen LogP contribution in [0.3, 0.4) is 0 Å². The number of carbonyl (C=O) groups excluding carboxylic acids is 1. The van der Waals surface area contributed by atoms with Crippen LogP contribution in [0.5, 0.6) is 0 Å². The summed E-state index contributed by atoms with van der Waals surface area (Å²) in [6.07, 6.45) is 2.13. The summed E-state index contributed by atoms with van der Waals surface area (Å²) in [5.41, 5.74) is 2.75. The smallest absolute Gasteiger partial charge is 0.358 e. The summed E-state index contributed by atoms with van der Waals surface area (Å²) in [7, 11) is 0. The number of pyridine rings is 1. The Morgan fingerprint density at radius 1 is 1.37 bits per heavy atom. The molecule has 0 aliphatic rings. The molecule has 0 aromatic carbocycles. The second kappa shape index (κ2) is 6.43. The minimum atomic E-state index is -0.391. The van der Waals surface area contributed by atoms with E-state index in [1.165, 1.54) is 11.3 Å². The maximum atomic E-state index is 12.0. The van der Waals surface area contributed by atoms with Gasteiger partial charge in [-0.2, -0.15) is 0 Å². The molecule has 0 fully saturated rings. The van der Waals surface area contributed by atoms with Crippen molar-refractivity contribution in [2.24, 2.45) is 5.92 Å². The Morgan fingerprint density at radius 2 is 2.21 bits per heavy atom. The maximum Gasteiger partial charge on any atom is 0.358 e. The van der Waals surface area contributed by atoms with Gasteiger partial charge in [0.05, 0.1) is 11.2 Å². The maximum absolute atomic E-state index is 12.0. The highest BCUT2D eigenvalue weighted by Gasteiger charge is 2.21. The molecule has 1 atom stereocenters.